The largest absolute Gasteiger partial charge is 0.374 e. The summed E-state index contributed by atoms with van der Waals surface area (Å²) in [4.78, 5) is 7.03. The summed E-state index contributed by atoms with van der Waals surface area (Å²) in [6, 6.07) is 10.6. The van der Waals surface area contributed by atoms with E-state index in [1.807, 2.05) is 0 Å². The fraction of sp³-hybridized carbons (Fsp3) is 0.529. The molecule has 1 saturated carbocycles. The van der Waals surface area contributed by atoms with Gasteiger partial charge in [0.15, 0.2) is 0 Å². The first-order valence-corrected chi connectivity index (χ1v) is 9.09. The average Bonchev–Trinajstić information content (AvgIpc) is 3.33. The van der Waals surface area contributed by atoms with Crippen molar-refractivity contribution >= 4 is 16.7 Å². The summed E-state index contributed by atoms with van der Waals surface area (Å²) in [7, 11) is 0. The molecule has 23 heavy (non-hydrogen) atoms. The van der Waals surface area contributed by atoms with Gasteiger partial charge in [0, 0.05) is 43.6 Å². The third-order valence-electron chi connectivity index (χ3n) is 4.34. The first kappa shape index (κ1) is 15.1. The van der Waals surface area contributed by atoms with E-state index < -0.39 is 0 Å². The molecule has 1 saturated heterocycles. The van der Waals surface area contributed by atoms with Gasteiger partial charge in [-0.25, -0.2) is 4.98 Å². The lowest BCUT2D eigenvalue weighted by molar-refractivity contribution is -0.0240. The second-order valence-electron chi connectivity index (χ2n) is 6.33. The Morgan fingerprint density at radius 1 is 1.26 bits per heavy atom. The molecular formula is C17H22N4OS. The Hall–Kier alpha value is -1.50. The zero-order chi connectivity index (χ0) is 15.5. The van der Waals surface area contributed by atoms with Crippen LogP contribution in [0.2, 0.25) is 0 Å². The molecule has 2 aromatic rings. The highest BCUT2D eigenvalue weighted by Crippen LogP contribution is 2.39. The van der Waals surface area contributed by atoms with E-state index in [-0.39, 0.29) is 6.10 Å². The van der Waals surface area contributed by atoms with Gasteiger partial charge in [0.05, 0.1) is 12.7 Å². The van der Waals surface area contributed by atoms with Crippen LogP contribution in [0.5, 0.6) is 0 Å². The number of nitrogens with zero attached hydrogens (tertiary/aromatic N) is 3. The molecule has 1 unspecified atom stereocenters. The van der Waals surface area contributed by atoms with Gasteiger partial charge < -0.3 is 10.1 Å². The van der Waals surface area contributed by atoms with E-state index in [0.717, 1.165) is 43.7 Å². The summed E-state index contributed by atoms with van der Waals surface area (Å²) in [5.74, 6) is 1.64. The molecule has 1 aliphatic heterocycles. The maximum atomic E-state index is 5.89. The first-order valence-electron chi connectivity index (χ1n) is 8.32. The van der Waals surface area contributed by atoms with Crippen molar-refractivity contribution < 1.29 is 4.74 Å². The minimum absolute atomic E-state index is 0.209. The second kappa shape index (κ2) is 6.95. The molecule has 4 rings (SSSR count). The Kier molecular flexibility index (Phi) is 4.55. The molecule has 122 valence electrons. The van der Waals surface area contributed by atoms with E-state index in [4.69, 9.17) is 4.74 Å². The van der Waals surface area contributed by atoms with Gasteiger partial charge in [0.2, 0.25) is 5.13 Å². The van der Waals surface area contributed by atoms with Crippen molar-refractivity contribution in [1.82, 2.24) is 14.3 Å². The van der Waals surface area contributed by atoms with E-state index >= 15 is 0 Å². The minimum atomic E-state index is 0.209. The van der Waals surface area contributed by atoms with Crippen molar-refractivity contribution in [3.8, 4) is 0 Å². The number of anilines is 1. The van der Waals surface area contributed by atoms with Crippen LogP contribution in [0.25, 0.3) is 0 Å². The van der Waals surface area contributed by atoms with Crippen LogP contribution in [0.1, 0.15) is 30.1 Å². The SMILES string of the molecule is c1ccc(CN2CCOC(CNc3nc(C4CC4)ns3)C2)cc1. The van der Waals surface area contributed by atoms with E-state index in [1.54, 1.807) is 0 Å². The molecule has 0 radical (unpaired) electrons. The number of morpholine rings is 1. The maximum absolute atomic E-state index is 5.89. The van der Waals surface area contributed by atoms with Crippen molar-refractivity contribution in [2.45, 2.75) is 31.4 Å². The molecule has 1 aromatic carbocycles. The molecule has 1 N–H and O–H groups in total. The lowest BCUT2D eigenvalue weighted by Gasteiger charge is -2.33. The highest BCUT2D eigenvalue weighted by atomic mass is 32.1. The Balaban J connectivity index is 1.27. The van der Waals surface area contributed by atoms with Crippen molar-refractivity contribution in [3.05, 3.63) is 41.7 Å². The normalized spacial score (nSPS) is 22.2. The van der Waals surface area contributed by atoms with E-state index in [1.165, 1.54) is 29.9 Å². The molecule has 2 fully saturated rings. The number of benzene rings is 1. The molecule has 0 spiro atoms. The summed E-state index contributed by atoms with van der Waals surface area (Å²) < 4.78 is 10.3. The predicted octanol–water partition coefficient (Wildman–Crippen LogP) is 2.73. The average molecular weight is 330 g/mol. The number of nitrogens with one attached hydrogen (secondary N) is 1. The van der Waals surface area contributed by atoms with Crippen LogP contribution in [0.4, 0.5) is 5.13 Å². The predicted molar refractivity (Wildman–Crippen MR) is 91.8 cm³/mol. The topological polar surface area (TPSA) is 50.3 Å². The van der Waals surface area contributed by atoms with Crippen LogP contribution in [-0.2, 0) is 11.3 Å². The Morgan fingerprint density at radius 2 is 2.13 bits per heavy atom. The van der Waals surface area contributed by atoms with Crippen molar-refractivity contribution in [1.29, 1.82) is 0 Å². The maximum Gasteiger partial charge on any atom is 0.202 e. The fourth-order valence-electron chi connectivity index (χ4n) is 2.90. The highest BCUT2D eigenvalue weighted by Gasteiger charge is 2.28. The lowest BCUT2D eigenvalue weighted by Crippen LogP contribution is -2.44. The smallest absolute Gasteiger partial charge is 0.202 e. The van der Waals surface area contributed by atoms with E-state index in [9.17, 15) is 0 Å². The van der Waals surface area contributed by atoms with Gasteiger partial charge >= 0.3 is 0 Å². The molecule has 1 atom stereocenters. The minimum Gasteiger partial charge on any atom is -0.374 e. The number of ether oxygens (including phenoxy) is 1. The third-order valence-corrected chi connectivity index (χ3v) is 5.02. The summed E-state index contributed by atoms with van der Waals surface area (Å²) in [5.41, 5.74) is 1.36. The summed E-state index contributed by atoms with van der Waals surface area (Å²) in [5, 5.41) is 4.32. The zero-order valence-corrected chi connectivity index (χ0v) is 14.0. The van der Waals surface area contributed by atoms with Crippen molar-refractivity contribution in [2.24, 2.45) is 0 Å². The standard InChI is InChI=1S/C17H22N4OS/c1-2-4-13(5-3-1)11-21-8-9-22-15(12-21)10-18-17-19-16(20-23-17)14-6-7-14/h1-5,14-15H,6-12H2,(H,18,19,20). The Bertz CT molecular complexity index is 629. The Morgan fingerprint density at radius 3 is 2.96 bits per heavy atom. The van der Waals surface area contributed by atoms with E-state index in [0.29, 0.717) is 5.92 Å². The molecule has 2 aliphatic rings. The van der Waals surface area contributed by atoms with Crippen LogP contribution in [0.15, 0.2) is 30.3 Å². The number of hydrogen-bond donors (Lipinski definition) is 1. The van der Waals surface area contributed by atoms with Gasteiger partial charge in [-0.05, 0) is 18.4 Å². The number of hydrogen-bond acceptors (Lipinski definition) is 6. The number of aromatic nitrogens is 2. The first-order chi connectivity index (χ1) is 11.4. The molecule has 5 nitrogen and oxygen atoms in total. The van der Waals surface area contributed by atoms with Crippen LogP contribution < -0.4 is 5.32 Å². The molecule has 0 amide bonds. The van der Waals surface area contributed by atoms with Crippen molar-refractivity contribution in [2.75, 3.05) is 31.6 Å². The lowest BCUT2D eigenvalue weighted by atomic mass is 10.2. The third kappa shape index (κ3) is 4.07. The molecule has 6 heteroatoms. The van der Waals surface area contributed by atoms with Gasteiger partial charge in [-0.3, -0.25) is 4.90 Å². The van der Waals surface area contributed by atoms with Gasteiger partial charge in [-0.1, -0.05) is 30.3 Å². The van der Waals surface area contributed by atoms with Gasteiger partial charge in [-0.15, -0.1) is 0 Å². The fourth-order valence-corrected chi connectivity index (χ4v) is 3.56. The van der Waals surface area contributed by atoms with Crippen molar-refractivity contribution in [3.63, 3.8) is 0 Å². The second-order valence-corrected chi connectivity index (χ2v) is 7.08. The number of rotatable bonds is 6. The molecule has 1 aliphatic carbocycles. The van der Waals surface area contributed by atoms with Gasteiger partial charge in [-0.2, -0.15) is 4.37 Å². The van der Waals surface area contributed by atoms with Crippen LogP contribution in [0, 0.1) is 0 Å². The summed E-state index contributed by atoms with van der Waals surface area (Å²) >= 11 is 1.47. The Labute approximate surface area is 140 Å². The molecular weight excluding hydrogens is 308 g/mol. The van der Waals surface area contributed by atoms with E-state index in [2.05, 4.69) is 49.9 Å². The van der Waals surface area contributed by atoms with Crippen LogP contribution in [0.3, 0.4) is 0 Å². The van der Waals surface area contributed by atoms with Gasteiger partial charge in [0.25, 0.3) is 0 Å². The highest BCUT2D eigenvalue weighted by molar-refractivity contribution is 7.09. The molecule has 0 bridgehead atoms. The van der Waals surface area contributed by atoms with Crippen LogP contribution >= 0.6 is 11.5 Å². The van der Waals surface area contributed by atoms with Gasteiger partial charge in [0.1, 0.15) is 5.82 Å². The monoisotopic (exact) mass is 330 g/mol. The molecule has 1 aromatic heterocycles. The van der Waals surface area contributed by atoms with Crippen LogP contribution in [-0.4, -0.2) is 46.6 Å². The quantitative estimate of drug-likeness (QED) is 0.882. The summed E-state index contributed by atoms with van der Waals surface area (Å²) in [6.45, 7) is 4.53. The zero-order valence-electron chi connectivity index (χ0n) is 13.1. The molecule has 2 heterocycles. The summed E-state index contributed by atoms with van der Waals surface area (Å²) in [6.07, 6.45) is 2.70.